The van der Waals surface area contributed by atoms with Crippen molar-refractivity contribution in [1.82, 2.24) is 4.72 Å². The average Bonchev–Trinajstić information content (AvgIpc) is 2.57. The summed E-state index contributed by atoms with van der Waals surface area (Å²) in [4.78, 5) is 0.0154. The molecule has 0 aromatic heterocycles. The Labute approximate surface area is 166 Å². The van der Waals surface area contributed by atoms with Crippen LogP contribution in [0.25, 0.3) is 0 Å². The smallest absolute Gasteiger partial charge is 0.244 e. The SMILES string of the molecule is COc1ccc(Cl)cc1S(=O)(=O)NCCSCc1c(Cl)cccc1Cl. The standard InChI is InChI=1S/C16H16Cl3NO3S2/c1-23-15-6-5-11(17)9-16(15)25(21,22)20-7-8-24-10-12-13(18)3-2-4-14(12)19/h2-6,9,20H,7-8,10H2,1H3. The quantitative estimate of drug-likeness (QED) is 0.595. The van der Waals surface area contributed by atoms with Crippen molar-refractivity contribution >= 4 is 56.6 Å². The second kappa shape index (κ2) is 9.35. The number of methoxy groups -OCH3 is 1. The third-order valence-corrected chi connectivity index (χ3v) is 6.67. The Hall–Kier alpha value is -0.630. The van der Waals surface area contributed by atoms with Crippen molar-refractivity contribution in [2.24, 2.45) is 0 Å². The number of hydrogen-bond donors (Lipinski definition) is 1. The van der Waals surface area contributed by atoms with Gasteiger partial charge in [0.25, 0.3) is 0 Å². The molecule has 0 saturated heterocycles. The normalized spacial score (nSPS) is 11.5. The van der Waals surface area contributed by atoms with Crippen molar-refractivity contribution in [3.05, 3.63) is 57.0 Å². The van der Waals surface area contributed by atoms with Gasteiger partial charge in [0.1, 0.15) is 10.6 Å². The topological polar surface area (TPSA) is 55.4 Å². The molecule has 9 heteroatoms. The van der Waals surface area contributed by atoms with Gasteiger partial charge in [0.05, 0.1) is 7.11 Å². The number of hydrogen-bond acceptors (Lipinski definition) is 4. The summed E-state index contributed by atoms with van der Waals surface area (Å²) in [6.45, 7) is 0.255. The van der Waals surface area contributed by atoms with Crippen LogP contribution in [-0.2, 0) is 15.8 Å². The first-order valence-electron chi connectivity index (χ1n) is 7.19. The van der Waals surface area contributed by atoms with Crippen molar-refractivity contribution in [2.45, 2.75) is 10.6 Å². The predicted molar refractivity (Wildman–Crippen MR) is 106 cm³/mol. The molecule has 0 saturated carbocycles. The monoisotopic (exact) mass is 439 g/mol. The molecule has 4 nitrogen and oxygen atoms in total. The van der Waals surface area contributed by atoms with E-state index < -0.39 is 10.0 Å². The van der Waals surface area contributed by atoms with E-state index in [4.69, 9.17) is 39.5 Å². The second-order valence-electron chi connectivity index (χ2n) is 4.95. The number of thioether (sulfide) groups is 1. The highest BCUT2D eigenvalue weighted by Gasteiger charge is 2.19. The molecule has 25 heavy (non-hydrogen) atoms. The first-order valence-corrected chi connectivity index (χ1v) is 11.0. The molecule has 2 rings (SSSR count). The van der Waals surface area contributed by atoms with Gasteiger partial charge in [-0.05, 0) is 35.9 Å². The molecule has 0 aliphatic heterocycles. The lowest BCUT2D eigenvalue weighted by molar-refractivity contribution is 0.402. The number of nitrogens with one attached hydrogen (secondary N) is 1. The summed E-state index contributed by atoms with van der Waals surface area (Å²) in [7, 11) is -2.30. The van der Waals surface area contributed by atoms with Crippen LogP contribution in [-0.4, -0.2) is 27.8 Å². The van der Waals surface area contributed by atoms with E-state index in [1.54, 1.807) is 24.3 Å². The lowest BCUT2D eigenvalue weighted by atomic mass is 10.2. The summed E-state index contributed by atoms with van der Waals surface area (Å²) in [6, 6.07) is 9.79. The number of sulfonamides is 1. The highest BCUT2D eigenvalue weighted by atomic mass is 35.5. The largest absolute Gasteiger partial charge is 0.495 e. The third kappa shape index (κ3) is 5.67. The molecule has 0 bridgehead atoms. The van der Waals surface area contributed by atoms with E-state index in [1.165, 1.54) is 31.0 Å². The zero-order valence-corrected chi connectivity index (χ0v) is 17.2. The van der Waals surface area contributed by atoms with Gasteiger partial charge < -0.3 is 4.74 Å². The Morgan fingerprint density at radius 1 is 1.12 bits per heavy atom. The molecule has 0 radical (unpaired) electrons. The molecule has 0 atom stereocenters. The van der Waals surface area contributed by atoms with E-state index >= 15 is 0 Å². The zero-order valence-electron chi connectivity index (χ0n) is 13.3. The lowest BCUT2D eigenvalue weighted by Gasteiger charge is -2.11. The molecule has 136 valence electrons. The molecule has 0 aliphatic rings. The molecular formula is C16H16Cl3NO3S2. The fourth-order valence-electron chi connectivity index (χ4n) is 2.03. The molecule has 0 aliphatic carbocycles. The molecule has 1 N–H and O–H groups in total. The third-order valence-electron chi connectivity index (χ3n) is 3.26. The van der Waals surface area contributed by atoms with Crippen LogP contribution < -0.4 is 9.46 Å². The zero-order chi connectivity index (χ0) is 18.4. The van der Waals surface area contributed by atoms with Crippen LogP contribution in [0.5, 0.6) is 5.75 Å². The number of halogens is 3. The van der Waals surface area contributed by atoms with Crippen LogP contribution in [0.4, 0.5) is 0 Å². The molecule has 2 aromatic carbocycles. The van der Waals surface area contributed by atoms with E-state index in [9.17, 15) is 8.42 Å². The predicted octanol–water partition coefficient (Wildman–Crippen LogP) is 4.87. The van der Waals surface area contributed by atoms with Gasteiger partial charge in [0.15, 0.2) is 0 Å². The van der Waals surface area contributed by atoms with E-state index in [-0.39, 0.29) is 17.2 Å². The minimum Gasteiger partial charge on any atom is -0.495 e. The van der Waals surface area contributed by atoms with Crippen LogP contribution in [0, 0.1) is 0 Å². The van der Waals surface area contributed by atoms with E-state index in [0.717, 1.165) is 5.56 Å². The summed E-state index contributed by atoms with van der Waals surface area (Å²) in [6.07, 6.45) is 0. The molecular weight excluding hydrogens is 425 g/mol. The summed E-state index contributed by atoms with van der Waals surface area (Å²) < 4.78 is 32.4. The molecule has 0 heterocycles. The minimum atomic E-state index is -3.71. The van der Waals surface area contributed by atoms with E-state index in [2.05, 4.69) is 4.72 Å². The summed E-state index contributed by atoms with van der Waals surface area (Å²) in [5.41, 5.74) is 0.843. The van der Waals surface area contributed by atoms with Crippen LogP contribution >= 0.6 is 46.6 Å². The highest BCUT2D eigenvalue weighted by molar-refractivity contribution is 7.98. The second-order valence-corrected chi connectivity index (χ2v) is 9.04. The van der Waals surface area contributed by atoms with Gasteiger partial charge in [0, 0.05) is 33.1 Å². The summed E-state index contributed by atoms with van der Waals surface area (Å²) >= 11 is 19.6. The Morgan fingerprint density at radius 2 is 1.80 bits per heavy atom. The average molecular weight is 441 g/mol. The maximum Gasteiger partial charge on any atom is 0.244 e. The Balaban J connectivity index is 1.92. The van der Waals surface area contributed by atoms with Crippen molar-refractivity contribution in [1.29, 1.82) is 0 Å². The van der Waals surface area contributed by atoms with Crippen molar-refractivity contribution in [3.63, 3.8) is 0 Å². The number of benzene rings is 2. The maximum atomic E-state index is 12.4. The van der Waals surface area contributed by atoms with E-state index in [1.807, 2.05) is 0 Å². The van der Waals surface area contributed by atoms with Crippen LogP contribution in [0.1, 0.15) is 5.56 Å². The Kier molecular flexibility index (Phi) is 7.73. The van der Waals surface area contributed by atoms with Crippen molar-refractivity contribution < 1.29 is 13.2 Å². The van der Waals surface area contributed by atoms with Gasteiger partial charge >= 0.3 is 0 Å². The van der Waals surface area contributed by atoms with Gasteiger partial charge in [-0.3, -0.25) is 0 Å². The summed E-state index contributed by atoms with van der Waals surface area (Å²) in [5, 5.41) is 1.53. The fourth-order valence-corrected chi connectivity index (χ4v) is 5.22. The van der Waals surface area contributed by atoms with Crippen molar-refractivity contribution in [2.75, 3.05) is 19.4 Å². The summed E-state index contributed by atoms with van der Waals surface area (Å²) in [5.74, 6) is 1.40. The Morgan fingerprint density at radius 3 is 2.44 bits per heavy atom. The maximum absolute atomic E-state index is 12.4. The van der Waals surface area contributed by atoms with Crippen molar-refractivity contribution in [3.8, 4) is 5.75 Å². The molecule has 2 aromatic rings. The molecule has 0 spiro atoms. The number of ether oxygens (including phenoxy) is 1. The van der Waals surface area contributed by atoms with Gasteiger partial charge in [-0.1, -0.05) is 40.9 Å². The fraction of sp³-hybridized carbons (Fsp3) is 0.250. The first kappa shape index (κ1) is 20.7. The first-order chi connectivity index (χ1) is 11.8. The van der Waals surface area contributed by atoms with Crippen LogP contribution in [0.15, 0.2) is 41.3 Å². The molecule has 0 amide bonds. The van der Waals surface area contributed by atoms with Crippen LogP contribution in [0.3, 0.4) is 0 Å². The van der Waals surface area contributed by atoms with Crippen LogP contribution in [0.2, 0.25) is 15.1 Å². The van der Waals surface area contributed by atoms with E-state index in [0.29, 0.717) is 26.6 Å². The lowest BCUT2D eigenvalue weighted by Crippen LogP contribution is -2.26. The minimum absolute atomic E-state index is 0.0154. The highest BCUT2D eigenvalue weighted by Crippen LogP contribution is 2.29. The van der Waals surface area contributed by atoms with Gasteiger partial charge in [-0.2, -0.15) is 11.8 Å². The Bertz CT molecular complexity index is 824. The molecule has 0 unspecified atom stereocenters. The number of rotatable bonds is 8. The van der Waals surface area contributed by atoms with Gasteiger partial charge in [-0.15, -0.1) is 0 Å². The van der Waals surface area contributed by atoms with Gasteiger partial charge in [0.2, 0.25) is 10.0 Å². The van der Waals surface area contributed by atoms with Gasteiger partial charge in [-0.25, -0.2) is 13.1 Å². The molecule has 0 fully saturated rings.